The highest BCUT2D eigenvalue weighted by Crippen LogP contribution is 2.23. The lowest BCUT2D eigenvalue weighted by atomic mass is 10.3. The Balaban J connectivity index is 2.54. The number of aromatic hydroxyl groups is 1. The Morgan fingerprint density at radius 1 is 1.20 bits per heavy atom. The highest BCUT2D eigenvalue weighted by Gasteiger charge is 2.10. The van der Waals surface area contributed by atoms with Crippen molar-refractivity contribution in [2.75, 3.05) is 0 Å². The van der Waals surface area contributed by atoms with E-state index in [1.807, 2.05) is 0 Å². The van der Waals surface area contributed by atoms with Crippen molar-refractivity contribution in [3.63, 3.8) is 0 Å². The monoisotopic (exact) mass is 206 g/mol. The molecule has 0 atom stereocenters. The van der Waals surface area contributed by atoms with Crippen molar-refractivity contribution in [1.29, 1.82) is 0 Å². The summed E-state index contributed by atoms with van der Waals surface area (Å²) in [6, 6.07) is 5.97. The third-order valence-electron chi connectivity index (χ3n) is 2.32. The summed E-state index contributed by atoms with van der Waals surface area (Å²) in [6.45, 7) is 3.49. The van der Waals surface area contributed by atoms with Crippen molar-refractivity contribution < 1.29 is 9.50 Å². The molecule has 0 aliphatic rings. The molecule has 4 heteroatoms. The lowest BCUT2D eigenvalue weighted by Gasteiger charge is -2.03. The smallest absolute Gasteiger partial charge is 0.159 e. The van der Waals surface area contributed by atoms with Crippen molar-refractivity contribution in [3.8, 4) is 11.4 Å². The zero-order valence-corrected chi connectivity index (χ0v) is 8.53. The third-order valence-corrected chi connectivity index (χ3v) is 2.32. The van der Waals surface area contributed by atoms with E-state index >= 15 is 0 Å². The van der Waals surface area contributed by atoms with E-state index in [-0.39, 0.29) is 11.6 Å². The number of halogens is 1. The summed E-state index contributed by atoms with van der Waals surface area (Å²) in [5.74, 6) is -0.108. The Morgan fingerprint density at radius 3 is 2.27 bits per heavy atom. The largest absolute Gasteiger partial charge is 0.504 e. The zero-order valence-electron chi connectivity index (χ0n) is 8.53. The van der Waals surface area contributed by atoms with Gasteiger partial charge in [0.2, 0.25) is 0 Å². The van der Waals surface area contributed by atoms with Crippen LogP contribution in [0.3, 0.4) is 0 Å². The number of aryl methyl sites for hydroxylation is 1. The average Bonchev–Trinajstić information content (AvgIpc) is 2.47. The second kappa shape index (κ2) is 3.38. The van der Waals surface area contributed by atoms with Crippen LogP contribution in [0.25, 0.3) is 5.69 Å². The van der Waals surface area contributed by atoms with E-state index in [9.17, 15) is 9.50 Å². The highest BCUT2D eigenvalue weighted by molar-refractivity contribution is 5.39. The van der Waals surface area contributed by atoms with Crippen LogP contribution in [0.15, 0.2) is 24.3 Å². The fourth-order valence-electron chi connectivity index (χ4n) is 1.47. The van der Waals surface area contributed by atoms with E-state index in [0.29, 0.717) is 11.4 Å². The topological polar surface area (TPSA) is 38.0 Å². The molecule has 1 aromatic carbocycles. The Hall–Kier alpha value is -1.84. The van der Waals surface area contributed by atoms with E-state index < -0.39 is 0 Å². The minimum absolute atomic E-state index is 0.180. The Kier molecular flexibility index (Phi) is 2.19. The molecule has 15 heavy (non-hydrogen) atoms. The maximum Gasteiger partial charge on any atom is 0.159 e. The number of benzene rings is 1. The summed E-state index contributed by atoms with van der Waals surface area (Å²) in [5, 5.41) is 13.7. The van der Waals surface area contributed by atoms with Crippen LogP contribution in [0.4, 0.5) is 4.39 Å². The van der Waals surface area contributed by atoms with Crippen molar-refractivity contribution in [1.82, 2.24) is 9.78 Å². The maximum atomic E-state index is 12.7. The zero-order chi connectivity index (χ0) is 11.0. The van der Waals surface area contributed by atoms with Crippen LogP contribution >= 0.6 is 0 Å². The normalized spacial score (nSPS) is 10.6. The van der Waals surface area contributed by atoms with E-state index in [1.165, 1.54) is 12.1 Å². The van der Waals surface area contributed by atoms with Crippen LogP contribution in [0.5, 0.6) is 5.75 Å². The molecule has 0 bridgehead atoms. The molecule has 1 heterocycles. The Labute approximate surface area is 86.8 Å². The number of aromatic nitrogens is 2. The molecule has 0 spiro atoms. The molecule has 0 amide bonds. The van der Waals surface area contributed by atoms with Gasteiger partial charge in [-0.3, -0.25) is 0 Å². The molecule has 1 N–H and O–H groups in total. The van der Waals surface area contributed by atoms with Gasteiger partial charge in [0.1, 0.15) is 11.5 Å². The summed E-state index contributed by atoms with van der Waals surface area (Å²) < 4.78 is 14.3. The van der Waals surface area contributed by atoms with Crippen LogP contribution in [-0.2, 0) is 0 Å². The molecule has 2 rings (SSSR count). The standard InChI is InChI=1S/C11H11FN2O/c1-7-11(15)8(2)14(13-7)10-5-3-9(12)4-6-10/h3-6,15H,1-2H3. The third kappa shape index (κ3) is 1.58. The first-order valence-corrected chi connectivity index (χ1v) is 4.60. The number of rotatable bonds is 1. The molecular formula is C11H11FN2O. The highest BCUT2D eigenvalue weighted by atomic mass is 19.1. The summed E-state index contributed by atoms with van der Waals surface area (Å²) >= 11 is 0. The number of nitrogens with zero attached hydrogens (tertiary/aromatic N) is 2. The van der Waals surface area contributed by atoms with Crippen molar-refractivity contribution in [3.05, 3.63) is 41.5 Å². The fourth-order valence-corrected chi connectivity index (χ4v) is 1.47. The second-order valence-corrected chi connectivity index (χ2v) is 3.41. The van der Waals surface area contributed by atoms with E-state index in [4.69, 9.17) is 0 Å². The summed E-state index contributed by atoms with van der Waals surface area (Å²) in [5.41, 5.74) is 1.95. The van der Waals surface area contributed by atoms with Crippen LogP contribution in [0, 0.1) is 19.7 Å². The molecule has 78 valence electrons. The van der Waals surface area contributed by atoms with E-state index in [0.717, 1.165) is 5.69 Å². The van der Waals surface area contributed by atoms with Gasteiger partial charge in [0, 0.05) is 0 Å². The van der Waals surface area contributed by atoms with Crippen LogP contribution < -0.4 is 0 Å². The first kappa shape index (κ1) is 9.71. The van der Waals surface area contributed by atoms with Gasteiger partial charge >= 0.3 is 0 Å². The van der Waals surface area contributed by atoms with Gasteiger partial charge in [-0.15, -0.1) is 0 Å². The molecule has 0 saturated carbocycles. The number of hydrogen-bond acceptors (Lipinski definition) is 2. The molecule has 0 fully saturated rings. The van der Waals surface area contributed by atoms with Gasteiger partial charge in [0.25, 0.3) is 0 Å². The van der Waals surface area contributed by atoms with Crippen molar-refractivity contribution in [2.24, 2.45) is 0 Å². The van der Waals surface area contributed by atoms with Crippen molar-refractivity contribution >= 4 is 0 Å². The van der Waals surface area contributed by atoms with Crippen LogP contribution in [0.2, 0.25) is 0 Å². The molecule has 0 radical (unpaired) electrons. The van der Waals surface area contributed by atoms with Gasteiger partial charge in [0.05, 0.1) is 11.4 Å². The van der Waals surface area contributed by atoms with E-state index in [2.05, 4.69) is 5.10 Å². The van der Waals surface area contributed by atoms with Gasteiger partial charge in [-0.25, -0.2) is 9.07 Å². The Bertz CT molecular complexity index is 488. The first-order valence-electron chi connectivity index (χ1n) is 4.60. The van der Waals surface area contributed by atoms with E-state index in [1.54, 1.807) is 30.7 Å². The predicted molar refractivity (Wildman–Crippen MR) is 54.7 cm³/mol. The second-order valence-electron chi connectivity index (χ2n) is 3.41. The molecular weight excluding hydrogens is 195 g/mol. The van der Waals surface area contributed by atoms with Crippen LogP contribution in [-0.4, -0.2) is 14.9 Å². The molecule has 1 aromatic heterocycles. The molecule has 0 saturated heterocycles. The minimum atomic E-state index is -0.287. The first-order chi connectivity index (χ1) is 7.09. The van der Waals surface area contributed by atoms with Gasteiger partial charge in [-0.05, 0) is 38.1 Å². The Morgan fingerprint density at radius 2 is 1.80 bits per heavy atom. The van der Waals surface area contributed by atoms with Crippen LogP contribution in [0.1, 0.15) is 11.4 Å². The molecule has 0 unspecified atom stereocenters. The minimum Gasteiger partial charge on any atom is -0.504 e. The van der Waals surface area contributed by atoms with Crippen molar-refractivity contribution in [2.45, 2.75) is 13.8 Å². The van der Waals surface area contributed by atoms with Gasteiger partial charge in [-0.1, -0.05) is 0 Å². The lowest BCUT2D eigenvalue weighted by Crippen LogP contribution is -1.98. The van der Waals surface area contributed by atoms with Gasteiger partial charge < -0.3 is 5.11 Å². The predicted octanol–water partition coefficient (Wildman–Crippen LogP) is 2.33. The maximum absolute atomic E-state index is 12.7. The molecule has 2 aromatic rings. The average molecular weight is 206 g/mol. The molecule has 0 aliphatic carbocycles. The fraction of sp³-hybridized carbons (Fsp3) is 0.182. The number of hydrogen-bond donors (Lipinski definition) is 1. The van der Waals surface area contributed by atoms with Gasteiger partial charge in [0.15, 0.2) is 5.75 Å². The summed E-state index contributed by atoms with van der Waals surface area (Å²) in [4.78, 5) is 0. The summed E-state index contributed by atoms with van der Waals surface area (Å²) in [7, 11) is 0. The molecule has 0 aliphatic heterocycles. The lowest BCUT2D eigenvalue weighted by molar-refractivity contribution is 0.466. The quantitative estimate of drug-likeness (QED) is 0.777. The van der Waals surface area contributed by atoms with Gasteiger partial charge in [-0.2, -0.15) is 5.10 Å². The summed E-state index contributed by atoms with van der Waals surface area (Å²) in [6.07, 6.45) is 0. The molecule has 3 nitrogen and oxygen atoms in total. The SMILES string of the molecule is Cc1nn(-c2ccc(F)cc2)c(C)c1O.